The molecule has 0 fully saturated rings. The van der Waals surface area contributed by atoms with E-state index in [1.165, 1.54) is 85.1 Å². The summed E-state index contributed by atoms with van der Waals surface area (Å²) < 4.78 is 4.62. The van der Waals surface area contributed by atoms with Crippen LogP contribution in [0, 0.1) is 0 Å². The SMILES string of the molecule is BOC(=O)CCCCCCCCCCCCCCC.[Zr]. The van der Waals surface area contributed by atoms with Crippen LogP contribution in [0.4, 0.5) is 0 Å². The van der Waals surface area contributed by atoms with Crippen LogP contribution in [0.3, 0.4) is 0 Å². The number of carbonyl (C=O) groups is 1. The molecule has 0 rings (SSSR count). The maximum atomic E-state index is 10.9. The van der Waals surface area contributed by atoms with E-state index in [4.69, 9.17) is 0 Å². The van der Waals surface area contributed by atoms with Gasteiger partial charge in [0.1, 0.15) is 0 Å². The molecule has 4 heteroatoms. The Bertz CT molecular complexity index is 201. The van der Waals surface area contributed by atoms with Crippen molar-refractivity contribution in [3.8, 4) is 0 Å². The third kappa shape index (κ3) is 18.4. The van der Waals surface area contributed by atoms with Crippen molar-refractivity contribution in [2.24, 2.45) is 0 Å². The van der Waals surface area contributed by atoms with E-state index in [2.05, 4.69) is 11.6 Å². The summed E-state index contributed by atoms with van der Waals surface area (Å²) in [5.74, 6) is -0.0666. The predicted molar refractivity (Wildman–Crippen MR) is 84.9 cm³/mol. The molecule has 116 valence electrons. The third-order valence-corrected chi connectivity index (χ3v) is 3.71. The first kappa shape index (κ1) is 22.7. The van der Waals surface area contributed by atoms with Gasteiger partial charge in [0.15, 0.2) is 0 Å². The minimum atomic E-state index is -0.0666. The van der Waals surface area contributed by atoms with Crippen LogP contribution < -0.4 is 0 Å². The van der Waals surface area contributed by atoms with E-state index in [0.717, 1.165) is 6.42 Å². The van der Waals surface area contributed by atoms with Gasteiger partial charge in [-0.2, -0.15) is 0 Å². The fourth-order valence-corrected chi connectivity index (χ4v) is 2.39. The van der Waals surface area contributed by atoms with Crippen LogP contribution >= 0.6 is 0 Å². The standard InChI is InChI=1S/C16H33BO2.Zr/c1-2-3-4-5-6-7-8-9-10-11-12-13-14-15-16(18)19-17;/h2-15,17H2,1H3;. The molecule has 0 heterocycles. The Hall–Kier alpha value is 0.418. The summed E-state index contributed by atoms with van der Waals surface area (Å²) in [7, 11) is 1.46. The van der Waals surface area contributed by atoms with Crippen molar-refractivity contribution >= 4 is 14.0 Å². The van der Waals surface area contributed by atoms with E-state index in [0.29, 0.717) is 6.42 Å². The van der Waals surface area contributed by atoms with Crippen molar-refractivity contribution in [1.82, 2.24) is 0 Å². The largest absolute Gasteiger partial charge is 0.543 e. The van der Waals surface area contributed by atoms with Crippen LogP contribution in [0.2, 0.25) is 0 Å². The molecule has 0 bridgehead atoms. The van der Waals surface area contributed by atoms with E-state index >= 15 is 0 Å². The van der Waals surface area contributed by atoms with Crippen LogP contribution in [0.5, 0.6) is 0 Å². The van der Waals surface area contributed by atoms with Crippen LogP contribution in [-0.4, -0.2) is 14.0 Å². The fraction of sp³-hybridized carbons (Fsp3) is 0.938. The predicted octanol–water partition coefficient (Wildman–Crippen LogP) is 4.56. The normalized spacial score (nSPS) is 10.1. The second-order valence-electron chi connectivity index (χ2n) is 5.57. The summed E-state index contributed by atoms with van der Waals surface area (Å²) >= 11 is 0. The quantitative estimate of drug-likeness (QED) is 0.336. The van der Waals surface area contributed by atoms with Crippen molar-refractivity contribution in [3.05, 3.63) is 0 Å². The van der Waals surface area contributed by atoms with Crippen molar-refractivity contribution < 1.29 is 35.7 Å². The van der Waals surface area contributed by atoms with Gasteiger partial charge in [-0.15, -0.1) is 0 Å². The zero-order chi connectivity index (χ0) is 14.2. The molecule has 0 aliphatic carbocycles. The Balaban J connectivity index is 0. The first-order valence-electron chi connectivity index (χ1n) is 8.38. The van der Waals surface area contributed by atoms with Gasteiger partial charge in [-0.1, -0.05) is 84.0 Å². The molecule has 0 unspecified atom stereocenters. The maximum Gasteiger partial charge on any atom is 0.325 e. The van der Waals surface area contributed by atoms with Crippen LogP contribution in [-0.2, 0) is 35.7 Å². The third-order valence-electron chi connectivity index (χ3n) is 3.71. The molecule has 0 saturated heterocycles. The molecule has 0 aromatic rings. The Kier molecular flexibility index (Phi) is 22.0. The summed E-state index contributed by atoms with van der Waals surface area (Å²) in [6.45, 7) is 2.27. The van der Waals surface area contributed by atoms with Gasteiger partial charge >= 0.3 is 8.05 Å². The van der Waals surface area contributed by atoms with Gasteiger partial charge in [0.25, 0.3) is 5.97 Å². The molecule has 0 spiro atoms. The second kappa shape index (κ2) is 19.4. The first-order chi connectivity index (χ1) is 9.31. The molecule has 0 saturated carbocycles. The summed E-state index contributed by atoms with van der Waals surface area (Å²) in [6.07, 6.45) is 18.0. The molecular weight excluding hydrogens is 326 g/mol. The number of hydrogen-bond donors (Lipinski definition) is 0. The average Bonchev–Trinajstić information content (AvgIpc) is 2.43. The molecule has 0 N–H and O–H groups in total. The van der Waals surface area contributed by atoms with Crippen molar-refractivity contribution in [2.75, 3.05) is 0 Å². The molecular formula is C16H33BO2Zr. The number of rotatable bonds is 14. The summed E-state index contributed by atoms with van der Waals surface area (Å²) in [6, 6.07) is 0. The smallest absolute Gasteiger partial charge is 0.325 e. The molecule has 0 amide bonds. The number of carbonyl (C=O) groups excluding carboxylic acids is 1. The van der Waals surface area contributed by atoms with Gasteiger partial charge < -0.3 is 4.65 Å². The van der Waals surface area contributed by atoms with Gasteiger partial charge in [0, 0.05) is 32.6 Å². The summed E-state index contributed by atoms with van der Waals surface area (Å²) in [4.78, 5) is 10.9. The summed E-state index contributed by atoms with van der Waals surface area (Å²) in [5.41, 5.74) is 0. The van der Waals surface area contributed by atoms with E-state index in [9.17, 15) is 4.79 Å². The van der Waals surface area contributed by atoms with Gasteiger partial charge in [0.05, 0.1) is 0 Å². The van der Waals surface area contributed by atoms with Crippen molar-refractivity contribution in [3.63, 3.8) is 0 Å². The molecule has 20 heavy (non-hydrogen) atoms. The molecule has 0 aromatic heterocycles. The zero-order valence-corrected chi connectivity index (χ0v) is 16.2. The fourth-order valence-electron chi connectivity index (χ4n) is 2.39. The van der Waals surface area contributed by atoms with Gasteiger partial charge in [-0.25, -0.2) is 0 Å². The van der Waals surface area contributed by atoms with E-state index in [-0.39, 0.29) is 32.2 Å². The monoisotopic (exact) mass is 358 g/mol. The Morgan fingerprint density at radius 2 is 1.10 bits per heavy atom. The van der Waals surface area contributed by atoms with Crippen molar-refractivity contribution in [1.29, 1.82) is 0 Å². The average molecular weight is 359 g/mol. The van der Waals surface area contributed by atoms with Crippen molar-refractivity contribution in [2.45, 2.75) is 96.8 Å². The van der Waals surface area contributed by atoms with E-state index in [1.807, 2.05) is 0 Å². The maximum absolute atomic E-state index is 10.9. The first-order valence-corrected chi connectivity index (χ1v) is 8.38. The molecule has 0 aromatic carbocycles. The molecule has 2 nitrogen and oxygen atoms in total. The van der Waals surface area contributed by atoms with Gasteiger partial charge in [-0.3, -0.25) is 4.79 Å². The second-order valence-corrected chi connectivity index (χ2v) is 5.57. The Morgan fingerprint density at radius 3 is 1.45 bits per heavy atom. The summed E-state index contributed by atoms with van der Waals surface area (Å²) in [5, 5.41) is 0. The van der Waals surface area contributed by atoms with E-state index in [1.54, 1.807) is 0 Å². The number of hydrogen-bond acceptors (Lipinski definition) is 2. The molecule has 0 radical (unpaired) electrons. The van der Waals surface area contributed by atoms with Gasteiger partial charge in [-0.05, 0) is 6.42 Å². The molecule has 0 atom stereocenters. The molecule has 0 aliphatic heterocycles. The Morgan fingerprint density at radius 1 is 0.750 bits per heavy atom. The zero-order valence-electron chi connectivity index (χ0n) is 13.7. The van der Waals surface area contributed by atoms with E-state index < -0.39 is 0 Å². The minimum Gasteiger partial charge on any atom is -0.543 e. The number of unbranched alkanes of at least 4 members (excludes halogenated alkanes) is 12. The minimum absolute atomic E-state index is 0. The Labute approximate surface area is 146 Å². The van der Waals surface area contributed by atoms with Crippen LogP contribution in [0.25, 0.3) is 0 Å². The molecule has 0 aliphatic rings. The topological polar surface area (TPSA) is 26.3 Å². The van der Waals surface area contributed by atoms with Crippen LogP contribution in [0.15, 0.2) is 0 Å². The van der Waals surface area contributed by atoms with Crippen LogP contribution in [0.1, 0.15) is 96.8 Å². The van der Waals surface area contributed by atoms with Gasteiger partial charge in [0.2, 0.25) is 0 Å².